The fourth-order valence-electron chi connectivity index (χ4n) is 1.43. The average Bonchev–Trinajstić information content (AvgIpc) is 2.36. The van der Waals surface area contributed by atoms with Crippen LogP contribution in [0.3, 0.4) is 0 Å². The molecule has 0 saturated carbocycles. The van der Waals surface area contributed by atoms with Crippen LogP contribution in [-0.2, 0) is 11.3 Å². The van der Waals surface area contributed by atoms with Crippen molar-refractivity contribution in [3.05, 3.63) is 30.1 Å². The molecule has 1 unspecified atom stereocenters. The Morgan fingerprint density at radius 2 is 2.12 bits per heavy atom. The van der Waals surface area contributed by atoms with Gasteiger partial charge in [0.15, 0.2) is 12.4 Å². The third-order valence-corrected chi connectivity index (χ3v) is 4.04. The van der Waals surface area contributed by atoms with Gasteiger partial charge in [0.25, 0.3) is 0 Å². The van der Waals surface area contributed by atoms with Gasteiger partial charge < -0.3 is 4.90 Å². The number of carbonyl (C=O) groups excluding carboxylic acids is 1. The lowest BCUT2D eigenvalue weighted by Gasteiger charge is -2.23. The van der Waals surface area contributed by atoms with Gasteiger partial charge in [0.1, 0.15) is 0 Å². The van der Waals surface area contributed by atoms with E-state index in [1.165, 1.54) is 0 Å². The second-order valence-corrected chi connectivity index (χ2v) is 5.47. The lowest BCUT2D eigenvalue weighted by Crippen LogP contribution is -2.41. The largest absolute Gasteiger partial charge is 0.353 e. The zero-order valence-corrected chi connectivity index (χ0v) is 14.2. The minimum atomic E-state index is -0.145. The highest BCUT2D eigenvalue weighted by Crippen LogP contribution is 2.05. The Morgan fingerprint density at radius 1 is 1.53 bits per heavy atom. The fraction of sp³-hybridized carbons (Fsp3) is 0.455. The monoisotopic (exact) mass is 460 g/mol. The van der Waals surface area contributed by atoms with Gasteiger partial charge in [-0.15, -0.1) is 2.78 Å². The molecule has 6 heteroatoms. The molecule has 1 N–H and O–H groups in total. The van der Waals surface area contributed by atoms with E-state index in [1.54, 1.807) is 0 Å². The zero-order valence-electron chi connectivity index (χ0n) is 9.86. The van der Waals surface area contributed by atoms with E-state index in [4.69, 9.17) is 0 Å². The van der Waals surface area contributed by atoms with Gasteiger partial charge in [-0.1, -0.05) is 0 Å². The smallest absolute Gasteiger partial charge is 0.337 e. The van der Waals surface area contributed by atoms with Crippen LogP contribution in [0.4, 0.5) is 0 Å². The van der Waals surface area contributed by atoms with Crippen molar-refractivity contribution >= 4 is 51.6 Å². The molecule has 0 bridgehead atoms. The van der Waals surface area contributed by atoms with E-state index in [2.05, 4.69) is 26.4 Å². The van der Waals surface area contributed by atoms with E-state index in [1.807, 2.05) is 68.9 Å². The summed E-state index contributed by atoms with van der Waals surface area (Å²) in [5, 5.41) is 0. The highest BCUT2D eigenvalue weighted by atomic mass is 127. The van der Waals surface area contributed by atoms with Crippen molar-refractivity contribution in [2.24, 2.45) is 0 Å². The van der Waals surface area contributed by atoms with Crippen molar-refractivity contribution in [2.45, 2.75) is 26.4 Å². The number of amides is 1. The predicted octanol–water partition coefficient (Wildman–Crippen LogP) is 1.85. The standard InChI is InChI=1S/C11H16I2N3O/c1-3-15(11(17)9(2)14-12)8-10-4-6-16(13)7-5-10/h4-7,9,14H,3,8H2,1-2H3/q+1. The highest BCUT2D eigenvalue weighted by Gasteiger charge is 2.18. The van der Waals surface area contributed by atoms with Crippen LogP contribution in [0.25, 0.3) is 0 Å². The van der Waals surface area contributed by atoms with Crippen molar-refractivity contribution in [3.8, 4) is 0 Å². The van der Waals surface area contributed by atoms with E-state index < -0.39 is 0 Å². The second kappa shape index (κ2) is 7.47. The number of nitrogens with zero attached hydrogens (tertiary/aromatic N) is 2. The molecule has 1 atom stereocenters. The molecule has 1 rings (SSSR count). The summed E-state index contributed by atoms with van der Waals surface area (Å²) in [6.45, 7) is 5.26. The molecule has 0 aliphatic rings. The molecule has 0 saturated heterocycles. The lowest BCUT2D eigenvalue weighted by molar-refractivity contribution is -0.440. The highest BCUT2D eigenvalue weighted by molar-refractivity contribution is 14.1. The molecule has 1 amide bonds. The maximum absolute atomic E-state index is 12.0. The van der Waals surface area contributed by atoms with Gasteiger partial charge in [0.05, 0.1) is 6.04 Å². The molecule has 0 spiro atoms. The van der Waals surface area contributed by atoms with Gasteiger partial charge in [0, 0.05) is 48.1 Å². The van der Waals surface area contributed by atoms with Crippen LogP contribution in [0.15, 0.2) is 24.5 Å². The molecule has 0 aliphatic heterocycles. The third-order valence-electron chi connectivity index (χ3n) is 2.46. The summed E-state index contributed by atoms with van der Waals surface area (Å²) in [5.74, 6) is 0.133. The number of carbonyl (C=O) groups is 1. The van der Waals surface area contributed by atoms with Crippen LogP contribution < -0.4 is 6.31 Å². The van der Waals surface area contributed by atoms with Crippen LogP contribution in [0, 0.1) is 0 Å². The molecule has 1 heterocycles. The zero-order chi connectivity index (χ0) is 12.8. The lowest BCUT2D eigenvalue weighted by atomic mass is 10.2. The SMILES string of the molecule is CCN(Cc1cc[n+](I)cc1)C(=O)C(C)NI. The maximum atomic E-state index is 12.0. The molecular formula is C11H16I2N3O+. The van der Waals surface area contributed by atoms with Crippen molar-refractivity contribution < 1.29 is 7.58 Å². The minimum absolute atomic E-state index is 0.133. The van der Waals surface area contributed by atoms with E-state index >= 15 is 0 Å². The van der Waals surface area contributed by atoms with Crippen LogP contribution in [-0.4, -0.2) is 23.4 Å². The minimum Gasteiger partial charge on any atom is -0.337 e. The summed E-state index contributed by atoms with van der Waals surface area (Å²) in [5.41, 5.74) is 1.15. The van der Waals surface area contributed by atoms with Crippen molar-refractivity contribution in [3.63, 3.8) is 0 Å². The van der Waals surface area contributed by atoms with Gasteiger partial charge in [-0.2, -0.15) is 0 Å². The summed E-state index contributed by atoms with van der Waals surface area (Å²) in [6.07, 6.45) is 3.96. The number of halogens is 2. The Labute approximate surface area is 130 Å². The van der Waals surface area contributed by atoms with Crippen LogP contribution >= 0.6 is 45.7 Å². The first-order valence-electron chi connectivity index (χ1n) is 5.39. The molecule has 1 aromatic rings. The predicted molar refractivity (Wildman–Crippen MR) is 83.8 cm³/mol. The normalized spacial score (nSPS) is 12.2. The van der Waals surface area contributed by atoms with Gasteiger partial charge in [-0.05, 0) is 19.4 Å². The number of hydrogen-bond acceptors (Lipinski definition) is 2. The molecule has 17 heavy (non-hydrogen) atoms. The summed E-state index contributed by atoms with van der Waals surface area (Å²) in [4.78, 5) is 13.9. The number of nitrogens with one attached hydrogen (secondary N) is 1. The van der Waals surface area contributed by atoms with Crippen molar-refractivity contribution in [1.29, 1.82) is 0 Å². The first kappa shape index (κ1) is 15.1. The number of pyridine rings is 1. The van der Waals surface area contributed by atoms with Crippen LogP contribution in [0.2, 0.25) is 0 Å². The topological polar surface area (TPSA) is 36.2 Å². The first-order chi connectivity index (χ1) is 8.08. The Kier molecular flexibility index (Phi) is 6.63. The summed E-state index contributed by atoms with van der Waals surface area (Å²) >= 11 is 4.21. The summed E-state index contributed by atoms with van der Waals surface area (Å²) < 4.78 is 4.90. The fourth-order valence-corrected chi connectivity index (χ4v) is 2.02. The Morgan fingerprint density at radius 3 is 2.59 bits per heavy atom. The molecule has 0 aromatic carbocycles. The number of likely N-dealkylation sites (N-methyl/N-ethyl adjacent to an activating group) is 1. The number of hydrogen-bond donors (Lipinski definition) is 1. The first-order valence-corrected chi connectivity index (χ1v) is 7.44. The van der Waals surface area contributed by atoms with Crippen LogP contribution in [0.1, 0.15) is 19.4 Å². The van der Waals surface area contributed by atoms with Gasteiger partial charge in [-0.3, -0.25) is 4.79 Å². The van der Waals surface area contributed by atoms with Crippen LogP contribution in [0.5, 0.6) is 0 Å². The molecule has 4 nitrogen and oxygen atoms in total. The van der Waals surface area contributed by atoms with E-state index in [-0.39, 0.29) is 11.9 Å². The molecule has 0 fully saturated rings. The Hall–Kier alpha value is 0.0400. The Balaban J connectivity index is 2.69. The van der Waals surface area contributed by atoms with E-state index in [9.17, 15) is 4.79 Å². The van der Waals surface area contributed by atoms with Crippen molar-refractivity contribution in [1.82, 2.24) is 8.43 Å². The van der Waals surface area contributed by atoms with E-state index in [0.717, 1.165) is 12.1 Å². The van der Waals surface area contributed by atoms with Gasteiger partial charge >= 0.3 is 22.9 Å². The summed E-state index contributed by atoms with van der Waals surface area (Å²) in [7, 11) is 0. The average molecular weight is 460 g/mol. The molecule has 1 aromatic heterocycles. The van der Waals surface area contributed by atoms with Gasteiger partial charge in [-0.25, -0.2) is 3.53 Å². The van der Waals surface area contributed by atoms with Gasteiger partial charge in [0.2, 0.25) is 5.91 Å². The number of aromatic nitrogens is 1. The Bertz CT molecular complexity index is 369. The molecule has 94 valence electrons. The summed E-state index contributed by atoms with van der Waals surface area (Å²) in [6, 6.07) is 3.92. The maximum Gasteiger partial charge on any atom is 0.353 e. The van der Waals surface area contributed by atoms with Crippen molar-refractivity contribution in [2.75, 3.05) is 6.54 Å². The molecule has 0 aliphatic carbocycles. The quantitative estimate of drug-likeness (QED) is 0.539. The third kappa shape index (κ3) is 4.66. The number of rotatable bonds is 5. The second-order valence-electron chi connectivity index (χ2n) is 3.73. The molecule has 0 radical (unpaired) electrons. The van der Waals surface area contributed by atoms with E-state index in [0.29, 0.717) is 6.54 Å². The molecular weight excluding hydrogens is 444 g/mol.